The fourth-order valence-corrected chi connectivity index (χ4v) is 3.62. The van der Waals surface area contributed by atoms with Gasteiger partial charge in [0.15, 0.2) is 11.5 Å². The number of hydrogen-bond acceptors (Lipinski definition) is 7. The molecule has 1 aromatic heterocycles. The average Bonchev–Trinajstić information content (AvgIpc) is 3.29. The van der Waals surface area contributed by atoms with Crippen molar-refractivity contribution < 1.29 is 23.7 Å². The number of benzene rings is 2. The van der Waals surface area contributed by atoms with Crippen LogP contribution in [0, 0.1) is 13.8 Å². The quantitative estimate of drug-likeness (QED) is 0.690. The minimum Gasteiger partial charge on any atom is -0.496 e. The maximum atomic E-state index is 12.4. The van der Waals surface area contributed by atoms with Gasteiger partial charge in [0, 0.05) is 23.2 Å². The van der Waals surface area contributed by atoms with Gasteiger partial charge in [0.2, 0.25) is 6.79 Å². The number of fused-ring (bicyclic) bond motifs is 3. The van der Waals surface area contributed by atoms with Gasteiger partial charge in [-0.25, -0.2) is 9.78 Å². The van der Waals surface area contributed by atoms with E-state index in [1.807, 2.05) is 38.1 Å². The lowest BCUT2D eigenvalue weighted by Gasteiger charge is -2.16. The van der Waals surface area contributed by atoms with Gasteiger partial charge in [-0.1, -0.05) is 0 Å². The second kappa shape index (κ2) is 6.02. The zero-order valence-corrected chi connectivity index (χ0v) is 15.7. The van der Waals surface area contributed by atoms with Crippen LogP contribution in [0.3, 0.4) is 0 Å². The summed E-state index contributed by atoms with van der Waals surface area (Å²) in [4.78, 5) is 17.0. The van der Waals surface area contributed by atoms with Crippen LogP contribution in [0.25, 0.3) is 10.9 Å². The fraction of sp³-hybridized carbons (Fsp3) is 0.238. The first kappa shape index (κ1) is 16.7. The Labute approximate surface area is 161 Å². The second-order valence-electron chi connectivity index (χ2n) is 6.85. The molecule has 28 heavy (non-hydrogen) atoms. The molecule has 2 aliphatic rings. The molecule has 0 saturated carbocycles. The molecule has 0 atom stereocenters. The molecule has 0 amide bonds. The number of carbonyl (C=O) groups is 1. The zero-order chi connectivity index (χ0) is 19.4. The first-order valence-electron chi connectivity index (χ1n) is 8.91. The van der Waals surface area contributed by atoms with E-state index < -0.39 is 0 Å². The summed E-state index contributed by atoms with van der Waals surface area (Å²) in [5.41, 5.74) is 5.37. The highest BCUT2D eigenvalue weighted by Crippen LogP contribution is 2.42. The van der Waals surface area contributed by atoms with Crippen molar-refractivity contribution >= 4 is 28.2 Å². The number of cyclic esters (lactones) is 1. The number of aryl methyl sites for hydroxylation is 1. The van der Waals surface area contributed by atoms with E-state index in [0.29, 0.717) is 34.0 Å². The number of nitrogens with zero attached hydrogens (tertiary/aromatic N) is 1. The van der Waals surface area contributed by atoms with Gasteiger partial charge in [-0.3, -0.25) is 0 Å². The number of methoxy groups -OCH3 is 1. The van der Waals surface area contributed by atoms with Crippen molar-refractivity contribution in [3.05, 3.63) is 46.6 Å². The van der Waals surface area contributed by atoms with Crippen molar-refractivity contribution in [2.24, 2.45) is 0 Å². The fourth-order valence-electron chi connectivity index (χ4n) is 3.62. The molecule has 0 bridgehead atoms. The first-order valence-corrected chi connectivity index (χ1v) is 8.91. The van der Waals surface area contributed by atoms with Gasteiger partial charge in [0.25, 0.3) is 0 Å². The number of nitrogens with one attached hydrogen (secondary N) is 1. The molecular formula is C21H18N2O5. The Balaban J connectivity index is 1.73. The summed E-state index contributed by atoms with van der Waals surface area (Å²) in [6, 6.07) is 7.60. The predicted molar refractivity (Wildman–Crippen MR) is 103 cm³/mol. The molecular weight excluding hydrogens is 360 g/mol. The lowest BCUT2D eigenvalue weighted by Crippen LogP contribution is -2.04. The molecule has 0 saturated heterocycles. The molecule has 7 heteroatoms. The molecule has 0 aliphatic carbocycles. The van der Waals surface area contributed by atoms with E-state index in [1.54, 1.807) is 7.11 Å². The van der Waals surface area contributed by atoms with Crippen molar-refractivity contribution in [3.8, 4) is 17.2 Å². The normalized spacial score (nSPS) is 14.2. The van der Waals surface area contributed by atoms with Gasteiger partial charge in [-0.05, 0) is 37.1 Å². The van der Waals surface area contributed by atoms with E-state index in [0.717, 1.165) is 28.0 Å². The largest absolute Gasteiger partial charge is 0.496 e. The van der Waals surface area contributed by atoms with Gasteiger partial charge in [-0.15, -0.1) is 0 Å². The van der Waals surface area contributed by atoms with Gasteiger partial charge in [-0.2, -0.15) is 0 Å². The van der Waals surface area contributed by atoms with Gasteiger partial charge >= 0.3 is 5.97 Å². The summed E-state index contributed by atoms with van der Waals surface area (Å²) >= 11 is 0. The smallest absolute Gasteiger partial charge is 0.342 e. The number of esters is 1. The molecule has 0 spiro atoms. The van der Waals surface area contributed by atoms with Gasteiger partial charge in [0.1, 0.15) is 17.9 Å². The summed E-state index contributed by atoms with van der Waals surface area (Å²) in [5.74, 6) is 1.66. The third-order valence-electron chi connectivity index (χ3n) is 5.21. The van der Waals surface area contributed by atoms with Crippen LogP contribution in [0.4, 0.5) is 11.4 Å². The van der Waals surface area contributed by atoms with Crippen LogP contribution < -0.4 is 19.5 Å². The summed E-state index contributed by atoms with van der Waals surface area (Å²) in [6.07, 6.45) is 0. The van der Waals surface area contributed by atoms with Crippen LogP contribution in [0.5, 0.6) is 17.2 Å². The van der Waals surface area contributed by atoms with Gasteiger partial charge < -0.3 is 24.3 Å². The number of hydrogen-bond donors (Lipinski definition) is 1. The highest BCUT2D eigenvalue weighted by Gasteiger charge is 2.30. The molecule has 2 aliphatic heterocycles. The van der Waals surface area contributed by atoms with E-state index in [4.69, 9.17) is 18.9 Å². The van der Waals surface area contributed by atoms with E-state index in [1.165, 1.54) is 0 Å². The van der Waals surface area contributed by atoms with Crippen molar-refractivity contribution in [2.45, 2.75) is 20.5 Å². The molecule has 5 rings (SSSR count). The molecule has 3 aromatic rings. The summed E-state index contributed by atoms with van der Waals surface area (Å²) < 4.78 is 21.7. The van der Waals surface area contributed by atoms with E-state index in [9.17, 15) is 4.79 Å². The lowest BCUT2D eigenvalue weighted by molar-refractivity contribution is 0.0534. The van der Waals surface area contributed by atoms with Crippen LogP contribution >= 0.6 is 0 Å². The molecule has 0 radical (unpaired) electrons. The Kier molecular flexibility index (Phi) is 3.58. The number of anilines is 2. The van der Waals surface area contributed by atoms with Crippen molar-refractivity contribution in [2.75, 3.05) is 19.2 Å². The minimum atomic E-state index is -0.389. The van der Waals surface area contributed by atoms with E-state index in [-0.39, 0.29) is 19.4 Å². The maximum absolute atomic E-state index is 12.4. The maximum Gasteiger partial charge on any atom is 0.342 e. The Morgan fingerprint density at radius 2 is 1.86 bits per heavy atom. The van der Waals surface area contributed by atoms with Crippen molar-refractivity contribution in [3.63, 3.8) is 0 Å². The number of aromatic nitrogens is 1. The standard InChI is InChI=1S/C21H18N2O5/c1-10-4-12(5-16(25-3)11(10)2)22-20-13-6-17-18(28-9-27-17)7-14(13)23-15-8-26-21(24)19(15)20/h4-7H,8-9H2,1-3H3,(H,22,23). The third kappa shape index (κ3) is 2.43. The molecule has 142 valence electrons. The van der Waals surface area contributed by atoms with E-state index in [2.05, 4.69) is 10.3 Å². The van der Waals surface area contributed by atoms with Gasteiger partial charge in [0.05, 0.1) is 24.0 Å². The highest BCUT2D eigenvalue weighted by atomic mass is 16.7. The molecule has 3 heterocycles. The van der Waals surface area contributed by atoms with Crippen LogP contribution in [-0.2, 0) is 11.3 Å². The predicted octanol–water partition coefficient (Wildman–Crippen LogP) is 4.00. The minimum absolute atomic E-state index is 0.156. The van der Waals surface area contributed by atoms with Crippen LogP contribution in [0.2, 0.25) is 0 Å². The molecule has 2 aromatic carbocycles. The van der Waals surface area contributed by atoms with Crippen LogP contribution in [0.1, 0.15) is 27.2 Å². The highest BCUT2D eigenvalue weighted by molar-refractivity contribution is 6.09. The molecule has 1 N–H and O–H groups in total. The zero-order valence-electron chi connectivity index (χ0n) is 15.7. The summed E-state index contributed by atoms with van der Waals surface area (Å²) in [6.45, 7) is 4.36. The summed E-state index contributed by atoms with van der Waals surface area (Å²) in [5, 5.41) is 4.16. The third-order valence-corrected chi connectivity index (χ3v) is 5.21. The topological polar surface area (TPSA) is 78.9 Å². The molecule has 0 fully saturated rings. The Morgan fingerprint density at radius 1 is 1.07 bits per heavy atom. The number of rotatable bonds is 3. The lowest BCUT2D eigenvalue weighted by atomic mass is 10.0. The number of ether oxygens (including phenoxy) is 4. The second-order valence-corrected chi connectivity index (χ2v) is 6.85. The first-order chi connectivity index (χ1) is 13.5. The van der Waals surface area contributed by atoms with Crippen LogP contribution in [-0.4, -0.2) is 24.9 Å². The Morgan fingerprint density at radius 3 is 2.64 bits per heavy atom. The van der Waals surface area contributed by atoms with Crippen molar-refractivity contribution in [1.82, 2.24) is 4.98 Å². The van der Waals surface area contributed by atoms with E-state index >= 15 is 0 Å². The Bertz CT molecular complexity index is 1160. The molecule has 7 nitrogen and oxygen atoms in total. The van der Waals surface area contributed by atoms with Crippen molar-refractivity contribution in [1.29, 1.82) is 0 Å². The van der Waals surface area contributed by atoms with Crippen LogP contribution in [0.15, 0.2) is 24.3 Å². The monoisotopic (exact) mass is 378 g/mol. The number of pyridine rings is 1. The average molecular weight is 378 g/mol. The SMILES string of the molecule is COc1cc(Nc2c3c(nc4cc5c(cc24)OCO5)COC3=O)cc(C)c1C. The Hall–Kier alpha value is -3.48. The summed E-state index contributed by atoms with van der Waals surface area (Å²) in [7, 11) is 1.64. The number of carbonyl (C=O) groups excluding carboxylic acids is 1. The molecule has 0 unspecified atom stereocenters.